The smallest absolute Gasteiger partial charge is 0.243 e. The summed E-state index contributed by atoms with van der Waals surface area (Å²) in [5.41, 5.74) is 0. The van der Waals surface area contributed by atoms with Crippen LogP contribution in [-0.4, -0.2) is 54.5 Å². The molecule has 0 atom stereocenters. The molecule has 0 unspecified atom stereocenters. The van der Waals surface area contributed by atoms with E-state index in [1.807, 2.05) is 4.72 Å². The van der Waals surface area contributed by atoms with Gasteiger partial charge >= 0.3 is 0 Å². The predicted molar refractivity (Wildman–Crippen MR) is 73.4 cm³/mol. The van der Waals surface area contributed by atoms with Crippen molar-refractivity contribution in [3.8, 4) is 0 Å². The Balaban J connectivity index is 3.17. The van der Waals surface area contributed by atoms with Gasteiger partial charge in [-0.1, -0.05) is 0 Å². The Kier molecular flexibility index (Phi) is 5.07. The van der Waals surface area contributed by atoms with Crippen LogP contribution in [0.4, 0.5) is 4.39 Å². The minimum Gasteiger partial charge on any atom is -0.348 e. The van der Waals surface area contributed by atoms with Gasteiger partial charge < -0.3 is 4.90 Å². The normalized spacial score (nSPS) is 12.2. The molecule has 1 rings (SSSR count). The van der Waals surface area contributed by atoms with Gasteiger partial charge in [0.15, 0.2) is 9.84 Å². The lowest BCUT2D eigenvalue weighted by Gasteiger charge is -2.12. The highest BCUT2D eigenvalue weighted by atomic mass is 32.2. The standard InChI is InChI=1S/C11H15FN2O5S2/c1-14(2)11(15)7-13-21(18,19)10-6-8(20(3,16)17)4-5-9(10)12/h4-6,13H,7H2,1-3H3. The first-order valence-electron chi connectivity index (χ1n) is 5.64. The van der Waals surface area contributed by atoms with Crippen LogP contribution in [0.3, 0.4) is 0 Å². The third kappa shape index (κ3) is 4.48. The second-order valence-corrected chi connectivity index (χ2v) is 8.23. The van der Waals surface area contributed by atoms with Crippen LogP contribution < -0.4 is 4.72 Å². The van der Waals surface area contributed by atoms with E-state index in [0.717, 1.165) is 23.3 Å². The van der Waals surface area contributed by atoms with Gasteiger partial charge in [0.25, 0.3) is 0 Å². The maximum Gasteiger partial charge on any atom is 0.243 e. The fourth-order valence-electron chi connectivity index (χ4n) is 1.31. The van der Waals surface area contributed by atoms with E-state index in [0.29, 0.717) is 6.07 Å². The molecule has 0 aliphatic carbocycles. The number of amides is 1. The van der Waals surface area contributed by atoms with E-state index in [2.05, 4.69) is 0 Å². The highest BCUT2D eigenvalue weighted by Gasteiger charge is 2.22. The Morgan fingerprint density at radius 2 is 1.81 bits per heavy atom. The molecule has 7 nitrogen and oxygen atoms in total. The lowest BCUT2D eigenvalue weighted by atomic mass is 10.3. The molecule has 0 saturated heterocycles. The van der Waals surface area contributed by atoms with Gasteiger partial charge in [0.05, 0.1) is 11.4 Å². The van der Waals surface area contributed by atoms with Crippen molar-refractivity contribution >= 4 is 25.8 Å². The maximum absolute atomic E-state index is 13.6. The zero-order valence-corrected chi connectivity index (χ0v) is 13.3. The lowest BCUT2D eigenvalue weighted by Crippen LogP contribution is -2.36. The fraction of sp³-hybridized carbons (Fsp3) is 0.364. The van der Waals surface area contributed by atoms with Gasteiger partial charge in [0.2, 0.25) is 15.9 Å². The Bertz CT molecular complexity index is 757. The summed E-state index contributed by atoms with van der Waals surface area (Å²) in [5.74, 6) is -1.63. The summed E-state index contributed by atoms with van der Waals surface area (Å²) in [5, 5.41) is 0. The van der Waals surface area contributed by atoms with Crippen molar-refractivity contribution in [2.24, 2.45) is 0 Å². The van der Waals surface area contributed by atoms with Crippen molar-refractivity contribution in [2.75, 3.05) is 26.9 Å². The molecule has 0 saturated carbocycles. The minimum absolute atomic E-state index is 0.330. The van der Waals surface area contributed by atoms with Crippen molar-refractivity contribution in [3.63, 3.8) is 0 Å². The summed E-state index contributed by atoms with van der Waals surface area (Å²) in [7, 11) is -5.16. The highest BCUT2D eigenvalue weighted by Crippen LogP contribution is 2.19. The minimum atomic E-state index is -4.34. The predicted octanol–water partition coefficient (Wildman–Crippen LogP) is -0.404. The van der Waals surface area contributed by atoms with Crippen LogP contribution in [0, 0.1) is 5.82 Å². The SMILES string of the molecule is CN(C)C(=O)CNS(=O)(=O)c1cc(S(C)(=O)=O)ccc1F. The Labute approximate surface area is 122 Å². The van der Waals surface area contributed by atoms with E-state index in [-0.39, 0.29) is 4.90 Å². The van der Waals surface area contributed by atoms with Crippen LogP contribution in [-0.2, 0) is 24.7 Å². The molecule has 0 bridgehead atoms. The molecule has 0 spiro atoms. The van der Waals surface area contributed by atoms with E-state index in [4.69, 9.17) is 0 Å². The molecule has 0 radical (unpaired) electrons. The monoisotopic (exact) mass is 338 g/mol. The molecule has 1 amide bonds. The van der Waals surface area contributed by atoms with Gasteiger partial charge in [-0.05, 0) is 18.2 Å². The van der Waals surface area contributed by atoms with E-state index >= 15 is 0 Å². The van der Waals surface area contributed by atoms with Gasteiger partial charge in [0.1, 0.15) is 10.7 Å². The molecule has 21 heavy (non-hydrogen) atoms. The van der Waals surface area contributed by atoms with E-state index in [9.17, 15) is 26.0 Å². The number of likely N-dealkylation sites (N-methyl/N-ethyl adjacent to an activating group) is 1. The van der Waals surface area contributed by atoms with Crippen molar-refractivity contribution < 1.29 is 26.0 Å². The van der Waals surface area contributed by atoms with Crippen LogP contribution in [0.1, 0.15) is 0 Å². The molecule has 1 N–H and O–H groups in total. The molecular weight excluding hydrogens is 323 g/mol. The summed E-state index contributed by atoms with van der Waals surface area (Å²) >= 11 is 0. The third-order valence-electron chi connectivity index (χ3n) is 2.53. The van der Waals surface area contributed by atoms with Crippen molar-refractivity contribution in [1.29, 1.82) is 0 Å². The highest BCUT2D eigenvalue weighted by molar-refractivity contribution is 7.91. The number of halogens is 1. The number of sulfonamides is 1. The number of hydrogen-bond acceptors (Lipinski definition) is 5. The van der Waals surface area contributed by atoms with Gasteiger partial charge in [-0.3, -0.25) is 4.79 Å². The van der Waals surface area contributed by atoms with Crippen LogP contribution in [0.5, 0.6) is 0 Å². The number of benzene rings is 1. The first-order valence-corrected chi connectivity index (χ1v) is 9.02. The average Bonchev–Trinajstić information content (AvgIpc) is 2.34. The van der Waals surface area contributed by atoms with E-state index in [1.54, 1.807) is 0 Å². The maximum atomic E-state index is 13.6. The number of nitrogens with zero attached hydrogens (tertiary/aromatic N) is 1. The summed E-state index contributed by atoms with van der Waals surface area (Å²) < 4.78 is 62.2. The second-order valence-electron chi connectivity index (χ2n) is 4.48. The quantitative estimate of drug-likeness (QED) is 0.736. The number of carbonyl (C=O) groups is 1. The zero-order valence-electron chi connectivity index (χ0n) is 11.6. The lowest BCUT2D eigenvalue weighted by molar-refractivity contribution is -0.127. The van der Waals surface area contributed by atoms with Crippen LogP contribution >= 0.6 is 0 Å². The van der Waals surface area contributed by atoms with Crippen molar-refractivity contribution in [2.45, 2.75) is 9.79 Å². The molecule has 0 fully saturated rings. The number of nitrogens with one attached hydrogen (secondary N) is 1. The summed E-state index contributed by atoms with van der Waals surface area (Å²) in [4.78, 5) is 11.3. The first-order chi connectivity index (χ1) is 9.45. The second kappa shape index (κ2) is 6.08. The van der Waals surface area contributed by atoms with Crippen LogP contribution in [0.25, 0.3) is 0 Å². The average molecular weight is 338 g/mol. The number of rotatable bonds is 5. The largest absolute Gasteiger partial charge is 0.348 e. The molecule has 0 aliphatic heterocycles. The third-order valence-corrected chi connectivity index (χ3v) is 5.06. The Morgan fingerprint density at radius 1 is 1.24 bits per heavy atom. The van der Waals surface area contributed by atoms with Gasteiger partial charge in [-0.15, -0.1) is 0 Å². The first kappa shape index (κ1) is 17.5. The number of sulfone groups is 1. The van der Waals surface area contributed by atoms with Gasteiger partial charge in [0, 0.05) is 20.4 Å². The molecule has 0 aromatic heterocycles. The fourth-order valence-corrected chi connectivity index (χ4v) is 3.11. The molecule has 1 aromatic carbocycles. The number of carbonyl (C=O) groups excluding carboxylic acids is 1. The topological polar surface area (TPSA) is 101 Å². The molecule has 0 aliphatic rings. The molecule has 0 heterocycles. The zero-order chi connectivity index (χ0) is 16.4. The number of hydrogen-bond donors (Lipinski definition) is 1. The van der Waals surface area contributed by atoms with Gasteiger partial charge in [-0.2, -0.15) is 0 Å². The molecule has 10 heteroatoms. The van der Waals surface area contributed by atoms with Crippen molar-refractivity contribution in [1.82, 2.24) is 9.62 Å². The van der Waals surface area contributed by atoms with Crippen LogP contribution in [0.2, 0.25) is 0 Å². The summed E-state index contributed by atoms with van der Waals surface area (Å²) in [6.45, 7) is -0.558. The van der Waals surface area contributed by atoms with Crippen LogP contribution in [0.15, 0.2) is 28.0 Å². The van der Waals surface area contributed by atoms with Crippen molar-refractivity contribution in [3.05, 3.63) is 24.0 Å². The Morgan fingerprint density at radius 3 is 2.29 bits per heavy atom. The summed E-state index contributed by atoms with van der Waals surface area (Å²) in [6.07, 6.45) is 0.875. The van der Waals surface area contributed by atoms with E-state index in [1.165, 1.54) is 14.1 Å². The van der Waals surface area contributed by atoms with Gasteiger partial charge in [-0.25, -0.2) is 25.9 Å². The summed E-state index contributed by atoms with van der Waals surface area (Å²) in [6, 6.07) is 2.43. The van der Waals surface area contributed by atoms with E-state index < -0.39 is 43.0 Å². The Hall–Kier alpha value is -1.52. The molecule has 1 aromatic rings. The molecular formula is C11H15FN2O5S2. The molecule has 118 valence electrons.